The maximum absolute atomic E-state index is 16.6. The number of para-hydroxylation sites is 1. The van der Waals surface area contributed by atoms with Crippen molar-refractivity contribution in [1.82, 2.24) is 29.8 Å². The molecule has 1 N–H and O–H groups in total. The van der Waals surface area contributed by atoms with Crippen molar-refractivity contribution in [3.8, 4) is 16.9 Å². The van der Waals surface area contributed by atoms with Gasteiger partial charge in [0.25, 0.3) is 5.91 Å². The van der Waals surface area contributed by atoms with Crippen LogP contribution in [0, 0.1) is 23.3 Å². The van der Waals surface area contributed by atoms with Gasteiger partial charge in [0.15, 0.2) is 23.3 Å². The second kappa shape index (κ2) is 13.7. The lowest BCUT2D eigenvalue weighted by molar-refractivity contribution is -0.131. The van der Waals surface area contributed by atoms with E-state index in [0.29, 0.717) is 52.9 Å². The summed E-state index contributed by atoms with van der Waals surface area (Å²) in [7, 11) is 1.55. The molecular weight excluding hydrogens is 654 g/mol. The highest BCUT2D eigenvalue weighted by Crippen LogP contribution is 2.40. The number of piperazine rings is 1. The largest absolute Gasteiger partial charge is 0.496 e. The predicted octanol–water partition coefficient (Wildman–Crippen LogP) is 5.66. The number of amides is 2. The molecule has 0 radical (unpaired) electrons. The quantitative estimate of drug-likeness (QED) is 0.167. The minimum absolute atomic E-state index is 0.0786. The fourth-order valence-electron chi connectivity index (χ4n) is 6.65. The molecule has 7 rings (SSSR count). The summed E-state index contributed by atoms with van der Waals surface area (Å²) in [6.07, 6.45) is 5.93. The smallest absolute Gasteiger partial charge is 0.270 e. The molecule has 1 fully saturated rings. The van der Waals surface area contributed by atoms with Crippen molar-refractivity contribution in [2.24, 2.45) is 0 Å². The number of anilines is 1. The number of nitrogens with one attached hydrogen (secondary N) is 1. The summed E-state index contributed by atoms with van der Waals surface area (Å²) in [5.41, 5.74) is 2.48. The van der Waals surface area contributed by atoms with Crippen LogP contribution < -0.4 is 9.64 Å². The summed E-state index contributed by atoms with van der Waals surface area (Å²) < 4.78 is 65.7. The Morgan fingerprint density at radius 1 is 0.880 bits per heavy atom. The summed E-state index contributed by atoms with van der Waals surface area (Å²) in [4.78, 5) is 34.8. The lowest BCUT2D eigenvalue weighted by Crippen LogP contribution is -2.49. The van der Waals surface area contributed by atoms with E-state index in [1.807, 2.05) is 24.3 Å². The summed E-state index contributed by atoms with van der Waals surface area (Å²) in [6.45, 7) is 1.80. The number of carbonyl (C=O) groups excluding carboxylic acids is 2. The van der Waals surface area contributed by atoms with Crippen LogP contribution in [0.2, 0.25) is 0 Å². The zero-order chi connectivity index (χ0) is 34.9. The Kier molecular flexibility index (Phi) is 9.00. The lowest BCUT2D eigenvalue weighted by Gasteiger charge is -2.36. The number of ether oxygens (including phenoxy) is 1. The van der Waals surface area contributed by atoms with E-state index in [-0.39, 0.29) is 67.9 Å². The van der Waals surface area contributed by atoms with Crippen molar-refractivity contribution in [2.75, 3.05) is 51.3 Å². The van der Waals surface area contributed by atoms with Gasteiger partial charge in [0, 0.05) is 68.4 Å². The molecule has 2 aromatic heterocycles. The molecule has 0 unspecified atom stereocenters. The van der Waals surface area contributed by atoms with Gasteiger partial charge in [-0.25, -0.2) is 17.6 Å². The van der Waals surface area contributed by atoms with E-state index in [9.17, 15) is 22.8 Å². The Morgan fingerprint density at radius 2 is 1.68 bits per heavy atom. The van der Waals surface area contributed by atoms with Crippen molar-refractivity contribution in [3.05, 3.63) is 102 Å². The molecule has 14 heteroatoms. The van der Waals surface area contributed by atoms with Crippen molar-refractivity contribution in [3.63, 3.8) is 0 Å². The third kappa shape index (κ3) is 6.16. The number of nitrogens with zero attached hydrogens (tertiary/aromatic N) is 6. The van der Waals surface area contributed by atoms with Gasteiger partial charge in [-0.05, 0) is 47.9 Å². The third-order valence-corrected chi connectivity index (χ3v) is 9.28. The second-order valence-corrected chi connectivity index (χ2v) is 12.2. The number of hydrogen-bond donors (Lipinski definition) is 1. The molecule has 2 aliphatic rings. The van der Waals surface area contributed by atoms with Gasteiger partial charge in [0.2, 0.25) is 5.91 Å². The Labute approximate surface area is 284 Å². The molecule has 0 atom stereocenters. The standard InChI is InChI=1S/C36H33F4N7O3/c1-50-30-7-3-2-6-23(30)25-19-24(22-5-4-12-46(21-22)31(48)10-13-47-14-11-41-43-47)32(38)35-26(25)20-28(42-35)36(49)45-17-15-44(16-18-45)29-9-8-27(37)33(39)34(29)40/h2-3,5-9,11,14,19-20,42H,4,10,12-13,15-18,21H2,1H3. The minimum atomic E-state index is -1.54. The van der Waals surface area contributed by atoms with Crippen LogP contribution in [-0.2, 0) is 11.3 Å². The molecular formula is C36H33F4N7O3. The molecule has 50 heavy (non-hydrogen) atoms. The SMILES string of the molecule is COc1ccccc1-c1cc(C2=CCCN(C(=O)CCn3ccnn3)C2)c(F)c2[nH]c(C(=O)N3CCN(c4ccc(F)c(F)c4F)CC3)cc12. The molecule has 0 saturated carbocycles. The molecule has 258 valence electrons. The first-order chi connectivity index (χ1) is 24.2. The zero-order valence-corrected chi connectivity index (χ0v) is 27.1. The number of rotatable bonds is 8. The molecule has 4 heterocycles. The molecule has 0 spiro atoms. The van der Waals surface area contributed by atoms with Gasteiger partial charge in [-0.2, -0.15) is 0 Å². The van der Waals surface area contributed by atoms with Gasteiger partial charge in [-0.15, -0.1) is 5.10 Å². The molecule has 3 aromatic carbocycles. The molecule has 2 aliphatic heterocycles. The fraction of sp³-hybridized carbons (Fsp3) is 0.278. The fourth-order valence-corrected chi connectivity index (χ4v) is 6.65. The number of benzene rings is 3. The Morgan fingerprint density at radius 3 is 2.44 bits per heavy atom. The first-order valence-electron chi connectivity index (χ1n) is 16.2. The number of aromatic nitrogens is 4. The van der Waals surface area contributed by atoms with Crippen LogP contribution in [0.5, 0.6) is 5.75 Å². The highest BCUT2D eigenvalue weighted by Gasteiger charge is 2.29. The first kappa shape index (κ1) is 32.9. The van der Waals surface area contributed by atoms with E-state index in [1.54, 1.807) is 57.1 Å². The molecule has 0 bridgehead atoms. The van der Waals surface area contributed by atoms with E-state index in [2.05, 4.69) is 15.3 Å². The average molecular weight is 688 g/mol. The number of halogens is 4. The van der Waals surface area contributed by atoms with E-state index in [4.69, 9.17) is 4.74 Å². The number of hydrogen-bond acceptors (Lipinski definition) is 6. The third-order valence-electron chi connectivity index (χ3n) is 9.28. The van der Waals surface area contributed by atoms with Crippen LogP contribution in [-0.4, -0.2) is 88.0 Å². The molecule has 10 nitrogen and oxygen atoms in total. The molecule has 5 aromatic rings. The van der Waals surface area contributed by atoms with E-state index >= 15 is 4.39 Å². The maximum atomic E-state index is 16.6. The number of aromatic amines is 1. The summed E-state index contributed by atoms with van der Waals surface area (Å²) in [5.74, 6) is -4.56. The minimum Gasteiger partial charge on any atom is -0.496 e. The van der Waals surface area contributed by atoms with Crippen molar-refractivity contribution in [1.29, 1.82) is 0 Å². The van der Waals surface area contributed by atoms with Crippen molar-refractivity contribution < 1.29 is 31.9 Å². The maximum Gasteiger partial charge on any atom is 0.270 e. The van der Waals surface area contributed by atoms with Crippen molar-refractivity contribution in [2.45, 2.75) is 19.4 Å². The zero-order valence-electron chi connectivity index (χ0n) is 27.1. The summed E-state index contributed by atoms with van der Waals surface area (Å²) in [5, 5.41) is 8.15. The Bertz CT molecular complexity index is 2110. The summed E-state index contributed by atoms with van der Waals surface area (Å²) >= 11 is 0. The summed E-state index contributed by atoms with van der Waals surface area (Å²) in [6, 6.07) is 12.7. The number of H-pyrrole nitrogens is 1. The van der Waals surface area contributed by atoms with E-state index in [0.717, 1.165) is 6.07 Å². The highest BCUT2D eigenvalue weighted by molar-refractivity contribution is 6.05. The van der Waals surface area contributed by atoms with Gasteiger partial charge in [0.05, 0.1) is 31.1 Å². The first-order valence-corrected chi connectivity index (χ1v) is 16.2. The predicted molar refractivity (Wildman–Crippen MR) is 178 cm³/mol. The van der Waals surface area contributed by atoms with Gasteiger partial charge in [-0.3, -0.25) is 14.3 Å². The van der Waals surface area contributed by atoms with Gasteiger partial charge in [-0.1, -0.05) is 29.5 Å². The Hall–Kier alpha value is -5.66. The average Bonchev–Trinajstić information content (AvgIpc) is 3.84. The number of carbonyl (C=O) groups is 2. The van der Waals surface area contributed by atoms with Gasteiger partial charge in [0.1, 0.15) is 11.4 Å². The van der Waals surface area contributed by atoms with Gasteiger partial charge < -0.3 is 24.4 Å². The molecule has 2 amide bonds. The van der Waals surface area contributed by atoms with Gasteiger partial charge >= 0.3 is 0 Å². The monoisotopic (exact) mass is 687 g/mol. The Balaban J connectivity index is 1.19. The van der Waals surface area contributed by atoms with Crippen LogP contribution >= 0.6 is 0 Å². The molecule has 0 aliphatic carbocycles. The normalized spacial score (nSPS) is 15.1. The van der Waals surface area contributed by atoms with Crippen LogP contribution in [0.4, 0.5) is 23.2 Å². The number of methoxy groups -OCH3 is 1. The van der Waals surface area contributed by atoms with Crippen LogP contribution in [0.1, 0.15) is 28.9 Å². The molecule has 1 saturated heterocycles. The number of aryl methyl sites for hydroxylation is 1. The lowest BCUT2D eigenvalue weighted by atomic mass is 9.93. The highest BCUT2D eigenvalue weighted by atomic mass is 19.2. The van der Waals surface area contributed by atoms with E-state index in [1.165, 1.54) is 6.07 Å². The van der Waals surface area contributed by atoms with E-state index < -0.39 is 23.3 Å². The topological polar surface area (TPSA) is 99.6 Å². The van der Waals surface area contributed by atoms with Crippen LogP contribution in [0.15, 0.2) is 67.0 Å². The number of fused-ring (bicyclic) bond motifs is 1. The van der Waals surface area contributed by atoms with Crippen molar-refractivity contribution >= 4 is 34.0 Å². The van der Waals surface area contributed by atoms with Crippen LogP contribution in [0.25, 0.3) is 27.6 Å². The second-order valence-electron chi connectivity index (χ2n) is 12.2. The van der Waals surface area contributed by atoms with Crippen LogP contribution in [0.3, 0.4) is 0 Å².